The van der Waals surface area contributed by atoms with Gasteiger partial charge in [0.1, 0.15) is 11.5 Å². The lowest BCUT2D eigenvalue weighted by Crippen LogP contribution is -2.23. The third-order valence-corrected chi connectivity index (χ3v) is 8.12. The molecule has 8 heteroatoms. The van der Waals surface area contributed by atoms with Gasteiger partial charge in [0.15, 0.2) is 0 Å². The Morgan fingerprint density at radius 2 is 1.07 bits per heavy atom. The van der Waals surface area contributed by atoms with Crippen LogP contribution in [0.5, 0.6) is 11.5 Å². The van der Waals surface area contributed by atoms with E-state index in [0.717, 1.165) is 17.2 Å². The van der Waals surface area contributed by atoms with Crippen molar-refractivity contribution in [3.63, 3.8) is 0 Å². The van der Waals surface area contributed by atoms with Crippen molar-refractivity contribution in [3.8, 4) is 11.5 Å². The summed E-state index contributed by atoms with van der Waals surface area (Å²) >= 11 is 0. The predicted molar refractivity (Wildman–Crippen MR) is 111 cm³/mol. The van der Waals surface area contributed by atoms with Gasteiger partial charge in [-0.3, -0.25) is 0 Å². The van der Waals surface area contributed by atoms with Gasteiger partial charge < -0.3 is 26.7 Å². The summed E-state index contributed by atoms with van der Waals surface area (Å²) in [6.45, 7) is 0. The van der Waals surface area contributed by atoms with E-state index in [9.17, 15) is 17.3 Å². The van der Waals surface area contributed by atoms with Crippen LogP contribution in [0, 0.1) is 0 Å². The first kappa shape index (κ1) is 22.5. The molecule has 0 aliphatic heterocycles. The summed E-state index contributed by atoms with van der Waals surface area (Å²) in [6, 6.07) is 17.5. The quantitative estimate of drug-likeness (QED) is 0.364. The minimum absolute atomic E-state index is 0.761. The van der Waals surface area contributed by atoms with E-state index in [1.807, 2.05) is 0 Å². The van der Waals surface area contributed by atoms with Crippen molar-refractivity contribution in [1.82, 2.24) is 0 Å². The highest BCUT2D eigenvalue weighted by Crippen LogP contribution is 2.46. The molecule has 0 saturated heterocycles. The number of hydrogen-bond acceptors (Lipinski definition) is 2. The molecule has 0 aromatic heterocycles. The van der Waals surface area contributed by atoms with Gasteiger partial charge in [0, 0.05) is 0 Å². The topological polar surface area (TPSA) is 18.5 Å². The monoisotopic (exact) mass is 416 g/mol. The molecule has 28 heavy (non-hydrogen) atoms. The Bertz CT molecular complexity index is 648. The standard InChI is InChI=1S/C20H25O2P.BF4/c1-21-16-8-12-19(13-9-16)23(18-6-4-3-5-7-18)20-14-10-17(22-2)11-15-20;2-1(3,4)5/h8-15,18H,3-7H2,1-2H3;/q;-1/p+1. The van der Waals surface area contributed by atoms with Crippen LogP contribution in [0.4, 0.5) is 17.3 Å². The number of benzene rings is 2. The summed E-state index contributed by atoms with van der Waals surface area (Å²) < 4.78 is 49.7. The molecule has 2 nitrogen and oxygen atoms in total. The maximum Gasteiger partial charge on any atom is 0.673 e. The Balaban J connectivity index is 0.000000500. The minimum Gasteiger partial charge on any atom is -0.497 e. The first-order chi connectivity index (χ1) is 13.3. The molecule has 0 unspecified atom stereocenters. The number of hydrogen-bond donors (Lipinski definition) is 0. The minimum atomic E-state index is -6.00. The van der Waals surface area contributed by atoms with Gasteiger partial charge in [0.2, 0.25) is 0 Å². The van der Waals surface area contributed by atoms with Crippen molar-refractivity contribution in [2.75, 3.05) is 14.2 Å². The first-order valence-electron chi connectivity index (χ1n) is 9.35. The van der Waals surface area contributed by atoms with Crippen LogP contribution in [0.3, 0.4) is 0 Å². The summed E-state index contributed by atoms with van der Waals surface area (Å²) in [5, 5.41) is 2.99. The van der Waals surface area contributed by atoms with Gasteiger partial charge >= 0.3 is 7.25 Å². The average Bonchev–Trinajstić information content (AvgIpc) is 2.69. The lowest BCUT2D eigenvalue weighted by atomic mass is 10.0. The third kappa shape index (κ3) is 7.35. The lowest BCUT2D eigenvalue weighted by Gasteiger charge is -2.25. The fourth-order valence-electron chi connectivity index (χ4n) is 3.57. The van der Waals surface area contributed by atoms with E-state index in [1.165, 1.54) is 42.7 Å². The van der Waals surface area contributed by atoms with Gasteiger partial charge in [-0.2, -0.15) is 0 Å². The van der Waals surface area contributed by atoms with Crippen molar-refractivity contribution in [2.45, 2.75) is 37.8 Å². The van der Waals surface area contributed by atoms with E-state index in [1.54, 1.807) is 14.2 Å². The molecule has 1 fully saturated rings. The van der Waals surface area contributed by atoms with Gasteiger partial charge in [0.05, 0.1) is 38.4 Å². The van der Waals surface area contributed by atoms with Crippen molar-refractivity contribution in [3.05, 3.63) is 48.5 Å². The molecule has 2 aromatic rings. The molecule has 2 aromatic carbocycles. The molecule has 0 radical (unpaired) electrons. The molecule has 0 amide bonds. The van der Waals surface area contributed by atoms with Gasteiger partial charge in [0.25, 0.3) is 0 Å². The summed E-state index contributed by atoms with van der Waals surface area (Å²) in [6.07, 6.45) is 6.89. The maximum atomic E-state index is 9.75. The highest BCUT2D eigenvalue weighted by atomic mass is 31.1. The molecular weight excluding hydrogens is 390 g/mol. The highest BCUT2D eigenvalue weighted by Gasteiger charge is 2.33. The van der Waals surface area contributed by atoms with E-state index in [4.69, 9.17) is 9.47 Å². The van der Waals surface area contributed by atoms with E-state index < -0.39 is 15.2 Å². The van der Waals surface area contributed by atoms with Crippen LogP contribution in [-0.2, 0) is 0 Å². The van der Waals surface area contributed by atoms with Crippen LogP contribution in [0.25, 0.3) is 0 Å². The van der Waals surface area contributed by atoms with Crippen LogP contribution < -0.4 is 20.1 Å². The molecule has 0 atom stereocenters. The fourth-order valence-corrected chi connectivity index (χ4v) is 6.88. The van der Waals surface area contributed by atoms with Crippen LogP contribution in [0.2, 0.25) is 0 Å². The Morgan fingerprint density at radius 3 is 1.39 bits per heavy atom. The van der Waals surface area contributed by atoms with Gasteiger partial charge in [-0.15, -0.1) is 0 Å². The van der Waals surface area contributed by atoms with Crippen LogP contribution in [-0.4, -0.2) is 27.1 Å². The highest BCUT2D eigenvalue weighted by molar-refractivity contribution is 7.73. The SMILES string of the molecule is COc1ccc([PH+](c2ccc(OC)cc2)C2CCCCC2)cc1.F[B-](F)(F)F. The summed E-state index contributed by atoms with van der Waals surface area (Å²) in [5.74, 6) is 1.88. The molecule has 3 rings (SSSR count). The lowest BCUT2D eigenvalue weighted by molar-refractivity contribution is 0.368. The van der Waals surface area contributed by atoms with Crippen LogP contribution >= 0.6 is 7.92 Å². The molecule has 0 N–H and O–H groups in total. The summed E-state index contributed by atoms with van der Waals surface area (Å²) in [5.41, 5.74) is 0.829. The van der Waals surface area contributed by atoms with E-state index in [2.05, 4.69) is 48.5 Å². The second-order valence-electron chi connectivity index (χ2n) is 6.70. The van der Waals surface area contributed by atoms with Gasteiger partial charge in [-0.1, -0.05) is 6.42 Å². The Hall–Kier alpha value is -1.75. The molecule has 1 saturated carbocycles. The maximum absolute atomic E-state index is 9.75. The van der Waals surface area contributed by atoms with Gasteiger partial charge in [-0.05, 0) is 74.2 Å². The zero-order valence-corrected chi connectivity index (χ0v) is 17.1. The molecule has 0 bridgehead atoms. The zero-order valence-electron chi connectivity index (χ0n) is 16.1. The first-order valence-corrected chi connectivity index (χ1v) is 10.9. The van der Waals surface area contributed by atoms with E-state index in [0.29, 0.717) is 0 Å². The normalized spacial score (nSPS) is 15.0. The average molecular weight is 416 g/mol. The molecule has 154 valence electrons. The predicted octanol–water partition coefficient (Wildman–Crippen LogP) is 5.50. The van der Waals surface area contributed by atoms with Crippen molar-refractivity contribution in [1.29, 1.82) is 0 Å². The largest absolute Gasteiger partial charge is 0.673 e. The number of rotatable bonds is 5. The molecular formula is C20H26BF4O2P. The molecule has 0 spiro atoms. The van der Waals surface area contributed by atoms with Crippen LogP contribution in [0.1, 0.15) is 32.1 Å². The number of halogens is 4. The van der Waals surface area contributed by atoms with Crippen molar-refractivity contribution < 1.29 is 26.7 Å². The summed E-state index contributed by atoms with van der Waals surface area (Å²) in [4.78, 5) is 0. The van der Waals surface area contributed by atoms with Crippen molar-refractivity contribution in [2.24, 2.45) is 0 Å². The summed E-state index contributed by atoms with van der Waals surface area (Å²) in [7, 11) is -3.31. The zero-order chi connectivity index (χ0) is 20.6. The smallest absolute Gasteiger partial charge is 0.497 e. The van der Waals surface area contributed by atoms with E-state index >= 15 is 0 Å². The Morgan fingerprint density at radius 1 is 0.714 bits per heavy atom. The third-order valence-electron chi connectivity index (χ3n) is 4.82. The number of ether oxygens (including phenoxy) is 2. The Labute approximate surface area is 165 Å². The second kappa shape index (κ2) is 10.7. The molecule has 1 aliphatic carbocycles. The van der Waals surface area contributed by atoms with Crippen LogP contribution in [0.15, 0.2) is 48.5 Å². The van der Waals surface area contributed by atoms with E-state index in [-0.39, 0.29) is 0 Å². The van der Waals surface area contributed by atoms with Gasteiger partial charge in [-0.25, -0.2) is 0 Å². The second-order valence-corrected chi connectivity index (χ2v) is 9.50. The molecule has 1 aliphatic rings. The van der Waals surface area contributed by atoms with Crippen molar-refractivity contribution >= 4 is 25.8 Å². The number of methoxy groups -OCH3 is 2. The Kier molecular flexibility index (Phi) is 8.62. The fraction of sp³-hybridized carbons (Fsp3) is 0.400. The molecule has 0 heterocycles.